The summed E-state index contributed by atoms with van der Waals surface area (Å²) in [6.07, 6.45) is 0. The van der Waals surface area contributed by atoms with Crippen LogP contribution in [0.4, 0.5) is 11.4 Å². The van der Waals surface area contributed by atoms with Gasteiger partial charge in [0.1, 0.15) is 0 Å². The van der Waals surface area contributed by atoms with Crippen LogP contribution in [0, 0.1) is 10.1 Å². The molecule has 4 nitrogen and oxygen atoms in total. The van der Waals surface area contributed by atoms with E-state index in [2.05, 4.69) is 5.32 Å². The predicted molar refractivity (Wildman–Crippen MR) is 82.8 cm³/mol. The maximum Gasteiger partial charge on any atom is 0.272 e. The molecule has 2 rings (SSSR count). The van der Waals surface area contributed by atoms with Crippen molar-refractivity contribution in [2.24, 2.45) is 0 Å². The second-order valence-corrected chi connectivity index (χ2v) is 5.65. The highest BCUT2D eigenvalue weighted by atomic mass is 35.5. The molecule has 0 aliphatic rings. The van der Waals surface area contributed by atoms with Gasteiger partial charge in [-0.1, -0.05) is 29.4 Å². The van der Waals surface area contributed by atoms with E-state index in [1.165, 1.54) is 17.8 Å². The monoisotopic (exact) mass is 308 g/mol. The van der Waals surface area contributed by atoms with Crippen LogP contribution in [0.1, 0.15) is 6.92 Å². The Bertz CT molecular complexity index is 634. The van der Waals surface area contributed by atoms with Gasteiger partial charge in [0.05, 0.1) is 4.92 Å². The first-order valence-electron chi connectivity index (χ1n) is 6.05. The first-order chi connectivity index (χ1) is 9.58. The Hall–Kier alpha value is -1.72. The van der Waals surface area contributed by atoms with E-state index < -0.39 is 0 Å². The highest BCUT2D eigenvalue weighted by Crippen LogP contribution is 2.33. The van der Waals surface area contributed by atoms with E-state index in [-0.39, 0.29) is 10.6 Å². The van der Waals surface area contributed by atoms with Crippen LogP contribution in [0.2, 0.25) is 5.02 Å². The minimum absolute atomic E-state index is 0.0768. The number of anilines is 1. The zero-order valence-electron chi connectivity index (χ0n) is 10.8. The van der Waals surface area contributed by atoms with Gasteiger partial charge < -0.3 is 5.32 Å². The van der Waals surface area contributed by atoms with Crippen LogP contribution in [0.3, 0.4) is 0 Å². The average molecular weight is 309 g/mol. The SMILES string of the molecule is CCNc1cc(Sc2cccc(Cl)c2)cc([N+](=O)[O-])c1. The van der Waals surface area contributed by atoms with Gasteiger partial charge in [0.25, 0.3) is 5.69 Å². The number of halogens is 1. The fraction of sp³-hybridized carbons (Fsp3) is 0.143. The summed E-state index contributed by atoms with van der Waals surface area (Å²) in [5, 5.41) is 14.7. The summed E-state index contributed by atoms with van der Waals surface area (Å²) in [6, 6.07) is 12.4. The van der Waals surface area contributed by atoms with Crippen molar-refractivity contribution in [2.45, 2.75) is 16.7 Å². The van der Waals surface area contributed by atoms with Crippen LogP contribution in [-0.4, -0.2) is 11.5 Å². The van der Waals surface area contributed by atoms with Gasteiger partial charge >= 0.3 is 0 Å². The first kappa shape index (κ1) is 14.7. The van der Waals surface area contributed by atoms with E-state index in [0.717, 1.165) is 15.5 Å². The molecule has 0 atom stereocenters. The maximum atomic E-state index is 11.0. The first-order valence-corrected chi connectivity index (χ1v) is 7.24. The second kappa shape index (κ2) is 6.63. The highest BCUT2D eigenvalue weighted by Gasteiger charge is 2.10. The van der Waals surface area contributed by atoms with E-state index in [1.807, 2.05) is 31.2 Å². The molecule has 2 aromatic carbocycles. The number of hydrogen-bond acceptors (Lipinski definition) is 4. The molecule has 0 saturated heterocycles. The molecular formula is C14H13ClN2O2S. The molecule has 0 heterocycles. The van der Waals surface area contributed by atoms with Gasteiger partial charge in [0.2, 0.25) is 0 Å². The van der Waals surface area contributed by atoms with Crippen molar-refractivity contribution in [3.8, 4) is 0 Å². The van der Waals surface area contributed by atoms with E-state index >= 15 is 0 Å². The summed E-state index contributed by atoms with van der Waals surface area (Å²) >= 11 is 7.38. The van der Waals surface area contributed by atoms with Crippen molar-refractivity contribution in [3.05, 3.63) is 57.6 Å². The van der Waals surface area contributed by atoms with Crippen molar-refractivity contribution in [2.75, 3.05) is 11.9 Å². The largest absolute Gasteiger partial charge is 0.385 e. The lowest BCUT2D eigenvalue weighted by Crippen LogP contribution is -1.98. The number of benzene rings is 2. The molecule has 0 amide bonds. The van der Waals surface area contributed by atoms with Crippen LogP contribution in [0.5, 0.6) is 0 Å². The predicted octanol–water partition coefficient (Wildman–Crippen LogP) is 4.83. The van der Waals surface area contributed by atoms with Crippen molar-refractivity contribution < 1.29 is 4.92 Å². The smallest absolute Gasteiger partial charge is 0.272 e. The molecule has 0 aliphatic carbocycles. The summed E-state index contributed by atoms with van der Waals surface area (Å²) in [6.45, 7) is 2.66. The fourth-order valence-corrected chi connectivity index (χ4v) is 2.95. The van der Waals surface area contributed by atoms with Crippen molar-refractivity contribution in [1.29, 1.82) is 0 Å². The standard InChI is InChI=1S/C14H13ClN2O2S/c1-2-16-11-7-12(17(18)19)9-14(8-11)20-13-5-3-4-10(15)6-13/h3-9,16H,2H2,1H3. The van der Waals surface area contributed by atoms with Gasteiger partial charge in [-0.2, -0.15) is 0 Å². The lowest BCUT2D eigenvalue weighted by atomic mass is 10.3. The second-order valence-electron chi connectivity index (χ2n) is 4.06. The highest BCUT2D eigenvalue weighted by molar-refractivity contribution is 7.99. The van der Waals surface area contributed by atoms with Crippen molar-refractivity contribution in [1.82, 2.24) is 0 Å². The van der Waals surface area contributed by atoms with Crippen LogP contribution in [-0.2, 0) is 0 Å². The van der Waals surface area contributed by atoms with Crippen molar-refractivity contribution in [3.63, 3.8) is 0 Å². The minimum atomic E-state index is -0.386. The number of rotatable bonds is 5. The number of hydrogen-bond donors (Lipinski definition) is 1. The fourth-order valence-electron chi connectivity index (χ4n) is 1.72. The number of nitro groups is 1. The summed E-state index contributed by atoms with van der Waals surface area (Å²) in [5.41, 5.74) is 0.819. The van der Waals surface area contributed by atoms with Crippen LogP contribution in [0.25, 0.3) is 0 Å². The molecule has 1 N–H and O–H groups in total. The van der Waals surface area contributed by atoms with E-state index in [4.69, 9.17) is 11.6 Å². The Balaban J connectivity index is 2.32. The van der Waals surface area contributed by atoms with Crippen LogP contribution < -0.4 is 5.32 Å². The molecule has 0 aromatic heterocycles. The molecular weight excluding hydrogens is 296 g/mol. The molecule has 0 aliphatic heterocycles. The normalized spacial score (nSPS) is 10.3. The molecule has 0 radical (unpaired) electrons. The van der Waals surface area contributed by atoms with Crippen molar-refractivity contribution >= 4 is 34.7 Å². The topological polar surface area (TPSA) is 55.2 Å². The molecule has 104 valence electrons. The van der Waals surface area contributed by atoms with Gasteiger partial charge in [0.15, 0.2) is 0 Å². The summed E-state index contributed by atoms with van der Waals surface area (Å²) in [4.78, 5) is 12.3. The number of non-ortho nitro benzene ring substituents is 1. The Morgan fingerprint density at radius 3 is 2.70 bits per heavy atom. The molecule has 20 heavy (non-hydrogen) atoms. The number of nitrogens with zero attached hydrogens (tertiary/aromatic N) is 1. The quantitative estimate of drug-likeness (QED) is 0.635. The van der Waals surface area contributed by atoms with Gasteiger partial charge in [0, 0.05) is 39.2 Å². The van der Waals surface area contributed by atoms with Crippen LogP contribution >= 0.6 is 23.4 Å². The summed E-state index contributed by atoms with van der Waals surface area (Å²) < 4.78 is 0. The third kappa shape index (κ3) is 3.88. The number of nitrogens with one attached hydrogen (secondary N) is 1. The third-order valence-electron chi connectivity index (χ3n) is 2.51. The van der Waals surface area contributed by atoms with Crippen LogP contribution in [0.15, 0.2) is 52.3 Å². The summed E-state index contributed by atoms with van der Waals surface area (Å²) in [7, 11) is 0. The van der Waals surface area contributed by atoms with E-state index in [1.54, 1.807) is 12.1 Å². The van der Waals surface area contributed by atoms with Gasteiger partial charge in [-0.15, -0.1) is 0 Å². The lowest BCUT2D eigenvalue weighted by molar-refractivity contribution is -0.385. The third-order valence-corrected chi connectivity index (χ3v) is 3.71. The molecule has 6 heteroatoms. The van der Waals surface area contributed by atoms with Gasteiger partial charge in [-0.05, 0) is 31.2 Å². The molecule has 2 aromatic rings. The molecule has 0 spiro atoms. The molecule has 0 saturated carbocycles. The Kier molecular flexibility index (Phi) is 4.87. The Morgan fingerprint density at radius 1 is 1.25 bits per heavy atom. The van der Waals surface area contributed by atoms with Gasteiger partial charge in [-0.25, -0.2) is 0 Å². The van der Waals surface area contributed by atoms with E-state index in [0.29, 0.717) is 11.6 Å². The van der Waals surface area contributed by atoms with Gasteiger partial charge in [-0.3, -0.25) is 10.1 Å². The summed E-state index contributed by atoms with van der Waals surface area (Å²) in [5.74, 6) is 0. The molecule has 0 fully saturated rings. The lowest BCUT2D eigenvalue weighted by Gasteiger charge is -2.07. The minimum Gasteiger partial charge on any atom is -0.385 e. The maximum absolute atomic E-state index is 11.0. The zero-order valence-corrected chi connectivity index (χ0v) is 12.4. The molecule has 0 unspecified atom stereocenters. The Labute approximate surface area is 126 Å². The zero-order chi connectivity index (χ0) is 14.5. The van der Waals surface area contributed by atoms with E-state index in [9.17, 15) is 10.1 Å². The molecule has 0 bridgehead atoms. The Morgan fingerprint density at radius 2 is 2.05 bits per heavy atom. The average Bonchev–Trinajstić information content (AvgIpc) is 2.38. The number of nitro benzene ring substituents is 1.